The van der Waals surface area contributed by atoms with Gasteiger partial charge in [-0.05, 0) is 57.0 Å². The molecule has 2 heterocycles. The van der Waals surface area contributed by atoms with E-state index in [0.717, 1.165) is 22.9 Å². The van der Waals surface area contributed by atoms with Crippen molar-refractivity contribution < 1.29 is 21.9 Å². The summed E-state index contributed by atoms with van der Waals surface area (Å²) in [6.45, 7) is 7.46. The van der Waals surface area contributed by atoms with Crippen molar-refractivity contribution in [3.63, 3.8) is 0 Å². The Labute approximate surface area is 213 Å². The fraction of sp³-hybridized carbons (Fsp3) is 0.308. The number of fused-ring (bicyclic) bond motifs is 1. The molecule has 0 amide bonds. The summed E-state index contributed by atoms with van der Waals surface area (Å²) < 4.78 is 59.3. The predicted octanol–water partition coefficient (Wildman–Crippen LogP) is 5.08. The van der Waals surface area contributed by atoms with Crippen molar-refractivity contribution in [1.82, 2.24) is 14.9 Å². The minimum absolute atomic E-state index is 0.0170. The number of halogens is 1. The number of pyridine rings is 1. The Morgan fingerprint density at radius 1 is 1.14 bits per heavy atom. The maximum Gasteiger partial charge on any atom is 0.192 e. The van der Waals surface area contributed by atoms with Gasteiger partial charge in [-0.15, -0.1) is 4.72 Å². The van der Waals surface area contributed by atoms with Gasteiger partial charge in [0.1, 0.15) is 16.3 Å². The molecule has 7 nitrogen and oxygen atoms in total. The summed E-state index contributed by atoms with van der Waals surface area (Å²) in [6.07, 6.45) is 1.39. The van der Waals surface area contributed by atoms with E-state index >= 15 is 0 Å². The molecule has 0 unspecified atom stereocenters. The average Bonchev–Trinajstić information content (AvgIpc) is 3.21. The molecule has 0 bridgehead atoms. The number of hydrogen-bond acceptors (Lipinski definition) is 7. The molecule has 190 valence electrons. The third-order valence-corrected chi connectivity index (χ3v) is 8.38. The molecule has 0 spiro atoms. The number of rotatable bonds is 7. The predicted molar refractivity (Wildman–Crippen MR) is 139 cm³/mol. The van der Waals surface area contributed by atoms with Crippen LogP contribution in [0.15, 0.2) is 64.1 Å². The Morgan fingerprint density at radius 3 is 2.56 bits per heavy atom. The van der Waals surface area contributed by atoms with Crippen LogP contribution in [0, 0.1) is 12.7 Å². The van der Waals surface area contributed by atoms with Crippen LogP contribution in [0.3, 0.4) is 0 Å². The third-order valence-electron chi connectivity index (χ3n) is 5.78. The zero-order valence-corrected chi connectivity index (χ0v) is 22.3. The second kappa shape index (κ2) is 9.93. The summed E-state index contributed by atoms with van der Waals surface area (Å²) in [5, 5.41) is 4.84. The first-order chi connectivity index (χ1) is 16.8. The van der Waals surface area contributed by atoms with Crippen molar-refractivity contribution in [2.45, 2.75) is 49.9 Å². The van der Waals surface area contributed by atoms with Crippen LogP contribution in [0.2, 0.25) is 0 Å². The van der Waals surface area contributed by atoms with Crippen LogP contribution in [0.25, 0.3) is 22.2 Å². The standard InChI is InChI=1S/C26H28FN3O4S2/c1-16-10-13-24(36(5,32)33)28-21(16)15-22(30-35(31)26(2,3)4)18-8-6-7-9-19(18)25-20-12-11-17(27)14-23(20)34-29-25/h6-14,22,30H,15H2,1-5H3/t22-,35-/m0/s1. The largest absolute Gasteiger partial charge is 0.598 e. The molecule has 0 fully saturated rings. The highest BCUT2D eigenvalue weighted by Crippen LogP contribution is 2.35. The van der Waals surface area contributed by atoms with E-state index in [0.29, 0.717) is 22.4 Å². The average molecular weight is 530 g/mol. The van der Waals surface area contributed by atoms with E-state index in [1.54, 1.807) is 12.1 Å². The number of aromatic nitrogens is 2. The Balaban J connectivity index is 1.84. The second-order valence-electron chi connectivity index (χ2n) is 9.70. The van der Waals surface area contributed by atoms with Crippen molar-refractivity contribution in [2.75, 3.05) is 6.26 Å². The van der Waals surface area contributed by atoms with E-state index < -0.39 is 37.8 Å². The normalized spacial score (nSPS) is 14.2. The first-order valence-corrected chi connectivity index (χ1v) is 14.4. The summed E-state index contributed by atoms with van der Waals surface area (Å²) in [6, 6.07) is 14.4. The maximum absolute atomic E-state index is 13.7. The molecule has 0 radical (unpaired) electrons. The van der Waals surface area contributed by atoms with Gasteiger partial charge in [-0.25, -0.2) is 17.8 Å². The zero-order valence-electron chi connectivity index (χ0n) is 20.7. The van der Waals surface area contributed by atoms with Crippen molar-refractivity contribution in [3.8, 4) is 11.3 Å². The van der Waals surface area contributed by atoms with Gasteiger partial charge in [0.25, 0.3) is 0 Å². The summed E-state index contributed by atoms with van der Waals surface area (Å²) in [4.78, 5) is 4.43. The maximum atomic E-state index is 13.7. The van der Waals surface area contributed by atoms with Gasteiger partial charge in [0.05, 0.1) is 6.04 Å². The van der Waals surface area contributed by atoms with Gasteiger partial charge in [-0.1, -0.05) is 35.5 Å². The van der Waals surface area contributed by atoms with Crippen LogP contribution in [-0.2, 0) is 27.6 Å². The number of nitrogens with one attached hydrogen (secondary N) is 1. The molecular weight excluding hydrogens is 501 g/mol. The highest BCUT2D eigenvalue weighted by Gasteiger charge is 2.32. The van der Waals surface area contributed by atoms with E-state index in [-0.39, 0.29) is 11.4 Å². The first kappa shape index (κ1) is 26.3. The highest BCUT2D eigenvalue weighted by atomic mass is 32.2. The SMILES string of the molecule is Cc1ccc(S(C)(=O)=O)nc1C[C@H](N[S@@+]([O-])C(C)(C)C)c1ccccc1-c1noc2cc(F)ccc12. The number of benzene rings is 2. The van der Waals surface area contributed by atoms with Crippen LogP contribution in [0.4, 0.5) is 4.39 Å². The molecular formula is C26H28FN3O4S2. The van der Waals surface area contributed by atoms with Crippen LogP contribution in [-0.4, -0.2) is 34.1 Å². The lowest BCUT2D eigenvalue weighted by molar-refractivity contribution is 0.457. The van der Waals surface area contributed by atoms with E-state index in [9.17, 15) is 17.4 Å². The van der Waals surface area contributed by atoms with Gasteiger partial charge < -0.3 is 9.08 Å². The molecule has 10 heteroatoms. The first-order valence-electron chi connectivity index (χ1n) is 11.3. The number of aryl methyl sites for hydroxylation is 1. The fourth-order valence-corrected chi connectivity index (χ4v) is 5.21. The molecule has 0 aliphatic carbocycles. The topological polar surface area (TPSA) is 108 Å². The molecule has 0 aliphatic rings. The lowest BCUT2D eigenvalue weighted by Gasteiger charge is -2.29. The van der Waals surface area contributed by atoms with Gasteiger partial charge in [-0.2, -0.15) is 0 Å². The van der Waals surface area contributed by atoms with E-state index in [2.05, 4.69) is 14.9 Å². The van der Waals surface area contributed by atoms with Crippen LogP contribution >= 0.6 is 0 Å². The Hall–Kier alpha value is -2.79. The van der Waals surface area contributed by atoms with Crippen LogP contribution in [0.5, 0.6) is 0 Å². The molecule has 0 saturated heterocycles. The van der Waals surface area contributed by atoms with Crippen molar-refractivity contribution >= 4 is 32.2 Å². The number of hydrogen-bond donors (Lipinski definition) is 1. The Bertz CT molecular complexity index is 1510. The molecule has 1 N–H and O–H groups in total. The van der Waals surface area contributed by atoms with Gasteiger partial charge in [0.15, 0.2) is 20.4 Å². The number of nitrogens with zero attached hydrogens (tertiary/aromatic N) is 2. The highest BCUT2D eigenvalue weighted by molar-refractivity contribution is 7.91. The molecule has 4 aromatic rings. The Morgan fingerprint density at radius 2 is 1.86 bits per heavy atom. The van der Waals surface area contributed by atoms with E-state index in [1.165, 1.54) is 18.2 Å². The van der Waals surface area contributed by atoms with E-state index in [1.807, 2.05) is 52.0 Å². The van der Waals surface area contributed by atoms with Gasteiger partial charge >= 0.3 is 0 Å². The summed E-state index contributed by atoms with van der Waals surface area (Å²) in [7, 11) is -3.50. The van der Waals surface area contributed by atoms with Gasteiger partial charge in [-0.3, -0.25) is 0 Å². The third kappa shape index (κ3) is 5.62. The second-order valence-corrected chi connectivity index (χ2v) is 13.7. The van der Waals surface area contributed by atoms with Crippen LogP contribution in [0.1, 0.15) is 43.6 Å². The zero-order chi connectivity index (χ0) is 26.3. The minimum atomic E-state index is -3.50. The molecule has 2 aromatic heterocycles. The van der Waals surface area contributed by atoms with Crippen molar-refractivity contribution in [2.24, 2.45) is 0 Å². The minimum Gasteiger partial charge on any atom is -0.598 e. The monoisotopic (exact) mass is 529 g/mol. The lowest BCUT2D eigenvalue weighted by Crippen LogP contribution is -2.42. The molecule has 0 saturated carbocycles. The lowest BCUT2D eigenvalue weighted by atomic mass is 9.93. The van der Waals surface area contributed by atoms with Gasteiger partial charge in [0.2, 0.25) is 0 Å². The molecule has 36 heavy (non-hydrogen) atoms. The van der Waals surface area contributed by atoms with Gasteiger partial charge in [0, 0.05) is 46.7 Å². The van der Waals surface area contributed by atoms with Crippen molar-refractivity contribution in [1.29, 1.82) is 0 Å². The molecule has 4 rings (SSSR count). The van der Waals surface area contributed by atoms with Crippen molar-refractivity contribution in [3.05, 3.63) is 77.2 Å². The smallest absolute Gasteiger partial charge is 0.192 e. The quantitative estimate of drug-likeness (QED) is 0.333. The fourth-order valence-electron chi connectivity index (χ4n) is 3.80. The Kier molecular flexibility index (Phi) is 7.25. The molecule has 2 aromatic carbocycles. The van der Waals surface area contributed by atoms with E-state index in [4.69, 9.17) is 4.52 Å². The molecule has 2 atom stereocenters. The summed E-state index contributed by atoms with van der Waals surface area (Å²) in [5.41, 5.74) is 3.74. The number of sulfone groups is 1. The molecule has 0 aliphatic heterocycles. The van der Waals surface area contributed by atoms with Crippen LogP contribution < -0.4 is 4.72 Å². The summed E-state index contributed by atoms with van der Waals surface area (Å²) in [5.74, 6) is -0.425. The summed E-state index contributed by atoms with van der Waals surface area (Å²) >= 11 is -1.45.